The Morgan fingerprint density at radius 3 is 2.79 bits per heavy atom. The van der Waals surface area contributed by atoms with E-state index in [2.05, 4.69) is 5.10 Å². The van der Waals surface area contributed by atoms with Crippen LogP contribution in [0.3, 0.4) is 0 Å². The summed E-state index contributed by atoms with van der Waals surface area (Å²) in [6.45, 7) is 0.207. The van der Waals surface area contributed by atoms with E-state index >= 15 is 0 Å². The van der Waals surface area contributed by atoms with Gasteiger partial charge < -0.3 is 5.73 Å². The normalized spacial score (nSPS) is 19.0. The minimum atomic E-state index is -4.48. The average Bonchev–Trinajstić information content (AvgIpc) is 2.70. The molecular weight excluding hydrogens is 257 g/mol. The second-order valence-electron chi connectivity index (χ2n) is 4.69. The standard InChI is InChI=1S/C12H15F3N4/c13-12(14,15)11-10-8(4-5-16)2-1-3-9(10)19(18-11)7-6-17/h8H,1-5,7,16H2. The highest BCUT2D eigenvalue weighted by molar-refractivity contribution is 5.34. The first-order valence-electron chi connectivity index (χ1n) is 6.22. The van der Waals surface area contributed by atoms with Crippen LogP contribution in [-0.2, 0) is 19.1 Å². The fourth-order valence-electron chi connectivity index (χ4n) is 2.76. The maximum Gasteiger partial charge on any atom is 0.435 e. The fraction of sp³-hybridized carbons (Fsp3) is 0.667. The highest BCUT2D eigenvalue weighted by Gasteiger charge is 2.42. The van der Waals surface area contributed by atoms with Gasteiger partial charge in [-0.25, -0.2) is 0 Å². The number of hydrogen-bond acceptors (Lipinski definition) is 3. The van der Waals surface area contributed by atoms with Gasteiger partial charge in [-0.15, -0.1) is 0 Å². The number of hydrogen-bond donors (Lipinski definition) is 1. The van der Waals surface area contributed by atoms with E-state index in [0.29, 0.717) is 31.5 Å². The van der Waals surface area contributed by atoms with Gasteiger partial charge >= 0.3 is 6.18 Å². The number of halogens is 3. The van der Waals surface area contributed by atoms with Crippen LogP contribution < -0.4 is 5.73 Å². The topological polar surface area (TPSA) is 67.6 Å². The molecule has 1 heterocycles. The van der Waals surface area contributed by atoms with E-state index in [1.165, 1.54) is 4.68 Å². The number of fused-ring (bicyclic) bond motifs is 1. The van der Waals surface area contributed by atoms with Crippen molar-refractivity contribution >= 4 is 0 Å². The number of alkyl halides is 3. The van der Waals surface area contributed by atoms with E-state index in [0.717, 1.165) is 6.42 Å². The van der Waals surface area contributed by atoms with Crippen LogP contribution in [-0.4, -0.2) is 16.3 Å². The maximum atomic E-state index is 13.1. The summed E-state index contributed by atoms with van der Waals surface area (Å²) < 4.78 is 40.4. The molecule has 4 nitrogen and oxygen atoms in total. The monoisotopic (exact) mass is 272 g/mol. The summed E-state index contributed by atoms with van der Waals surface area (Å²) in [5.74, 6) is -0.196. The lowest BCUT2D eigenvalue weighted by Gasteiger charge is -2.23. The minimum Gasteiger partial charge on any atom is -0.330 e. The lowest BCUT2D eigenvalue weighted by atomic mass is 9.83. The van der Waals surface area contributed by atoms with E-state index in [4.69, 9.17) is 11.0 Å². The molecule has 0 aromatic carbocycles. The zero-order valence-electron chi connectivity index (χ0n) is 10.4. The van der Waals surface area contributed by atoms with Crippen LogP contribution in [0, 0.1) is 11.3 Å². The summed E-state index contributed by atoms with van der Waals surface area (Å²) >= 11 is 0. The van der Waals surface area contributed by atoms with Gasteiger partial charge in [0.05, 0.1) is 6.07 Å². The lowest BCUT2D eigenvalue weighted by molar-refractivity contribution is -0.142. The predicted octanol–water partition coefficient (Wildman–Crippen LogP) is 2.19. The summed E-state index contributed by atoms with van der Waals surface area (Å²) in [5, 5.41) is 12.3. The van der Waals surface area contributed by atoms with Crippen molar-refractivity contribution in [1.29, 1.82) is 5.26 Å². The first kappa shape index (κ1) is 13.9. The van der Waals surface area contributed by atoms with Gasteiger partial charge in [0.25, 0.3) is 0 Å². The van der Waals surface area contributed by atoms with Crippen molar-refractivity contribution in [3.63, 3.8) is 0 Å². The molecule has 0 aliphatic heterocycles. The van der Waals surface area contributed by atoms with Crippen LogP contribution in [0.1, 0.15) is 42.1 Å². The van der Waals surface area contributed by atoms with Crippen LogP contribution in [0.25, 0.3) is 0 Å². The van der Waals surface area contributed by atoms with E-state index in [-0.39, 0.29) is 18.0 Å². The highest BCUT2D eigenvalue weighted by atomic mass is 19.4. The Kier molecular flexibility index (Phi) is 3.80. The Bertz CT molecular complexity index is 498. The van der Waals surface area contributed by atoms with Gasteiger partial charge in [-0.1, -0.05) is 0 Å². The fourth-order valence-corrected chi connectivity index (χ4v) is 2.76. The predicted molar refractivity (Wildman–Crippen MR) is 62.2 cm³/mol. The molecule has 104 valence electrons. The number of nitrogens with two attached hydrogens (primary N) is 1. The van der Waals surface area contributed by atoms with Gasteiger partial charge in [0, 0.05) is 11.3 Å². The van der Waals surface area contributed by atoms with Crippen molar-refractivity contribution in [1.82, 2.24) is 9.78 Å². The van der Waals surface area contributed by atoms with Crippen LogP contribution in [0.4, 0.5) is 13.2 Å². The molecule has 2 rings (SSSR count). The number of rotatable bonds is 3. The summed E-state index contributed by atoms with van der Waals surface area (Å²) in [6, 6.07) is 1.85. The van der Waals surface area contributed by atoms with Crippen LogP contribution in [0.5, 0.6) is 0 Å². The maximum absolute atomic E-state index is 13.1. The van der Waals surface area contributed by atoms with E-state index in [1.807, 2.05) is 6.07 Å². The molecule has 7 heteroatoms. The molecule has 0 amide bonds. The average molecular weight is 272 g/mol. The Labute approximate surface area is 109 Å². The summed E-state index contributed by atoms with van der Waals surface area (Å²) in [7, 11) is 0. The van der Waals surface area contributed by atoms with E-state index in [9.17, 15) is 13.2 Å². The zero-order valence-corrected chi connectivity index (χ0v) is 10.4. The minimum absolute atomic E-state index is 0.145. The molecule has 19 heavy (non-hydrogen) atoms. The molecular formula is C12H15F3N4. The number of nitriles is 1. The lowest BCUT2D eigenvalue weighted by Crippen LogP contribution is -2.18. The van der Waals surface area contributed by atoms with Crippen molar-refractivity contribution in [3.05, 3.63) is 17.0 Å². The molecule has 0 fully saturated rings. The van der Waals surface area contributed by atoms with Gasteiger partial charge in [-0.3, -0.25) is 4.68 Å². The molecule has 0 spiro atoms. The molecule has 0 saturated carbocycles. The summed E-state index contributed by atoms with van der Waals surface area (Å²) in [6.07, 6.45) is -1.90. The van der Waals surface area contributed by atoms with Gasteiger partial charge in [-0.2, -0.15) is 23.5 Å². The van der Waals surface area contributed by atoms with Crippen molar-refractivity contribution in [3.8, 4) is 6.07 Å². The molecule has 1 atom stereocenters. The van der Waals surface area contributed by atoms with Gasteiger partial charge in [0.15, 0.2) is 5.69 Å². The van der Waals surface area contributed by atoms with Gasteiger partial charge in [0.1, 0.15) is 6.54 Å². The van der Waals surface area contributed by atoms with Crippen molar-refractivity contribution in [2.75, 3.05) is 6.54 Å². The van der Waals surface area contributed by atoms with E-state index in [1.54, 1.807) is 0 Å². The Hall–Kier alpha value is -1.55. The molecule has 1 unspecified atom stereocenters. The van der Waals surface area contributed by atoms with Crippen molar-refractivity contribution in [2.45, 2.75) is 44.3 Å². The van der Waals surface area contributed by atoms with Crippen molar-refractivity contribution in [2.24, 2.45) is 5.73 Å². The number of aromatic nitrogens is 2. The summed E-state index contributed by atoms with van der Waals surface area (Å²) in [4.78, 5) is 0. The Morgan fingerprint density at radius 1 is 1.47 bits per heavy atom. The smallest absolute Gasteiger partial charge is 0.330 e. The van der Waals surface area contributed by atoms with E-state index < -0.39 is 11.9 Å². The van der Waals surface area contributed by atoms with Crippen LogP contribution in [0.15, 0.2) is 0 Å². The Balaban J connectivity index is 2.53. The molecule has 0 radical (unpaired) electrons. The van der Waals surface area contributed by atoms with Crippen LogP contribution >= 0.6 is 0 Å². The second-order valence-corrected chi connectivity index (χ2v) is 4.69. The first-order chi connectivity index (χ1) is 8.99. The SMILES string of the molecule is N#CCn1nc(C(F)(F)F)c2c1CCCC2CCN. The number of nitrogens with zero attached hydrogens (tertiary/aromatic N) is 3. The highest BCUT2D eigenvalue weighted by Crippen LogP contribution is 2.42. The summed E-state index contributed by atoms with van der Waals surface area (Å²) in [5.41, 5.74) is 5.46. The third-order valence-corrected chi connectivity index (χ3v) is 3.48. The second kappa shape index (κ2) is 5.21. The molecule has 1 aromatic heterocycles. The van der Waals surface area contributed by atoms with Gasteiger partial charge in [0.2, 0.25) is 0 Å². The molecule has 1 aliphatic rings. The molecule has 0 saturated heterocycles. The van der Waals surface area contributed by atoms with Gasteiger partial charge in [-0.05, 0) is 38.1 Å². The zero-order chi connectivity index (χ0) is 14.0. The third kappa shape index (κ3) is 2.59. The molecule has 0 bridgehead atoms. The largest absolute Gasteiger partial charge is 0.435 e. The van der Waals surface area contributed by atoms with Crippen LogP contribution in [0.2, 0.25) is 0 Å². The molecule has 1 aromatic rings. The van der Waals surface area contributed by atoms with Crippen molar-refractivity contribution < 1.29 is 13.2 Å². The first-order valence-corrected chi connectivity index (χ1v) is 6.22. The quantitative estimate of drug-likeness (QED) is 0.917. The third-order valence-electron chi connectivity index (χ3n) is 3.48. The Morgan fingerprint density at radius 2 is 2.21 bits per heavy atom. The molecule has 2 N–H and O–H groups in total. The molecule has 1 aliphatic carbocycles.